The lowest BCUT2D eigenvalue weighted by Crippen LogP contribution is -2.37. The third-order valence-electron chi connectivity index (χ3n) is 3.99. The molecular weight excluding hydrogens is 302 g/mol. The summed E-state index contributed by atoms with van der Waals surface area (Å²) >= 11 is 7.35. The summed E-state index contributed by atoms with van der Waals surface area (Å²) in [7, 11) is 0. The molecule has 1 unspecified atom stereocenters. The molecule has 0 amide bonds. The van der Waals surface area contributed by atoms with Crippen LogP contribution in [-0.4, -0.2) is 17.6 Å². The molecule has 1 saturated heterocycles. The maximum atomic E-state index is 5.84. The molecule has 1 aromatic carbocycles. The molecule has 0 aliphatic carbocycles. The van der Waals surface area contributed by atoms with E-state index in [4.69, 9.17) is 11.6 Å². The molecule has 2 aromatic rings. The first-order valence-corrected chi connectivity index (χ1v) is 8.62. The Hall–Kier alpha value is -1.26. The largest absolute Gasteiger partial charge is 0.380 e. The van der Waals surface area contributed by atoms with Crippen LogP contribution >= 0.6 is 22.9 Å². The Kier molecular flexibility index (Phi) is 4.66. The number of thiazole rings is 1. The van der Waals surface area contributed by atoms with Crippen molar-refractivity contribution in [3.05, 3.63) is 39.8 Å². The second-order valence-electron chi connectivity index (χ2n) is 5.52. The van der Waals surface area contributed by atoms with Crippen molar-refractivity contribution in [2.45, 2.75) is 38.8 Å². The van der Waals surface area contributed by atoms with E-state index in [0.29, 0.717) is 10.5 Å². The molecule has 1 atom stereocenters. The molecule has 0 spiro atoms. The van der Waals surface area contributed by atoms with Gasteiger partial charge in [0.25, 0.3) is 0 Å². The fourth-order valence-electron chi connectivity index (χ4n) is 2.81. The topological polar surface area (TPSA) is 28.2 Å². The van der Waals surface area contributed by atoms with Crippen molar-refractivity contribution in [1.29, 1.82) is 0 Å². The van der Waals surface area contributed by atoms with Crippen LogP contribution in [-0.2, 0) is 6.54 Å². The van der Waals surface area contributed by atoms with Gasteiger partial charge in [-0.1, -0.05) is 11.6 Å². The van der Waals surface area contributed by atoms with Gasteiger partial charge < -0.3 is 10.2 Å². The molecule has 1 aromatic heterocycles. The number of hydrogen-bond donors (Lipinski definition) is 1. The van der Waals surface area contributed by atoms with Gasteiger partial charge in [0.15, 0.2) is 4.47 Å². The van der Waals surface area contributed by atoms with Crippen molar-refractivity contribution >= 4 is 34.3 Å². The average Bonchev–Trinajstić information content (AvgIpc) is 2.92. The minimum Gasteiger partial charge on any atom is -0.380 e. The molecule has 1 fully saturated rings. The molecule has 21 heavy (non-hydrogen) atoms. The van der Waals surface area contributed by atoms with Crippen molar-refractivity contribution in [2.75, 3.05) is 16.8 Å². The Bertz CT molecular complexity index is 581. The second-order valence-corrected chi connectivity index (χ2v) is 7.22. The zero-order valence-corrected chi connectivity index (χ0v) is 13.8. The molecule has 3 rings (SSSR count). The van der Waals surface area contributed by atoms with Gasteiger partial charge in [-0.25, -0.2) is 4.98 Å². The van der Waals surface area contributed by atoms with Gasteiger partial charge in [0.05, 0.1) is 6.54 Å². The average molecular weight is 322 g/mol. The van der Waals surface area contributed by atoms with Crippen molar-refractivity contribution in [1.82, 2.24) is 4.98 Å². The smallest absolute Gasteiger partial charge is 0.183 e. The first-order valence-electron chi connectivity index (χ1n) is 7.43. The molecule has 5 heteroatoms. The Morgan fingerprint density at radius 1 is 1.33 bits per heavy atom. The highest BCUT2D eigenvalue weighted by Gasteiger charge is 2.18. The lowest BCUT2D eigenvalue weighted by Gasteiger charge is -2.35. The number of aromatic nitrogens is 1. The zero-order valence-electron chi connectivity index (χ0n) is 12.2. The van der Waals surface area contributed by atoms with E-state index in [9.17, 15) is 0 Å². The van der Waals surface area contributed by atoms with E-state index in [2.05, 4.69) is 46.4 Å². The fraction of sp³-hybridized carbons (Fsp3) is 0.438. The number of nitrogens with one attached hydrogen (secondary N) is 1. The molecule has 0 radical (unpaired) electrons. The van der Waals surface area contributed by atoms with Gasteiger partial charge in [-0.3, -0.25) is 0 Å². The minimum atomic E-state index is 0.598. The van der Waals surface area contributed by atoms with Crippen LogP contribution in [0.2, 0.25) is 4.47 Å². The SMILES string of the molecule is CC1CCCCN1c1ccc(NCc2cnc(Cl)s2)cc1. The van der Waals surface area contributed by atoms with E-state index < -0.39 is 0 Å². The summed E-state index contributed by atoms with van der Waals surface area (Å²) in [6.45, 7) is 4.26. The molecule has 0 bridgehead atoms. The predicted molar refractivity (Wildman–Crippen MR) is 91.6 cm³/mol. The normalized spacial score (nSPS) is 18.8. The summed E-state index contributed by atoms with van der Waals surface area (Å²) in [6, 6.07) is 9.38. The lowest BCUT2D eigenvalue weighted by molar-refractivity contribution is 0.485. The van der Waals surface area contributed by atoms with Crippen LogP contribution in [0.25, 0.3) is 0 Å². The van der Waals surface area contributed by atoms with Crippen LogP contribution in [0, 0.1) is 0 Å². The highest BCUT2D eigenvalue weighted by atomic mass is 35.5. The van der Waals surface area contributed by atoms with Crippen LogP contribution in [0.1, 0.15) is 31.1 Å². The monoisotopic (exact) mass is 321 g/mol. The maximum absolute atomic E-state index is 5.84. The molecule has 1 N–H and O–H groups in total. The molecule has 1 aliphatic rings. The molecule has 1 aliphatic heterocycles. The summed E-state index contributed by atoms with van der Waals surface area (Å²) < 4.78 is 0.598. The van der Waals surface area contributed by atoms with Gasteiger partial charge in [-0.2, -0.15) is 0 Å². The minimum absolute atomic E-state index is 0.598. The standard InChI is InChI=1S/C16H20ClN3S/c1-12-4-2-3-9-20(12)14-7-5-13(6-8-14)18-10-15-11-19-16(17)21-15/h5-8,11-12,18H,2-4,9-10H2,1H3. The highest BCUT2D eigenvalue weighted by Crippen LogP contribution is 2.26. The van der Waals surface area contributed by atoms with Gasteiger partial charge in [0.2, 0.25) is 0 Å². The van der Waals surface area contributed by atoms with Crippen molar-refractivity contribution < 1.29 is 0 Å². The van der Waals surface area contributed by atoms with Crippen molar-refractivity contribution in [2.24, 2.45) is 0 Å². The molecule has 3 nitrogen and oxygen atoms in total. The van der Waals surface area contributed by atoms with Crippen LogP contribution in [0.3, 0.4) is 0 Å². The van der Waals surface area contributed by atoms with E-state index in [0.717, 1.165) is 17.1 Å². The quantitative estimate of drug-likeness (QED) is 0.877. The number of benzene rings is 1. The molecule has 112 valence electrons. The number of anilines is 2. The van der Waals surface area contributed by atoms with E-state index in [1.807, 2.05) is 6.20 Å². The van der Waals surface area contributed by atoms with E-state index in [1.165, 1.54) is 42.8 Å². The van der Waals surface area contributed by atoms with Gasteiger partial charge in [-0.05, 0) is 50.5 Å². The maximum Gasteiger partial charge on any atom is 0.183 e. The van der Waals surface area contributed by atoms with Crippen molar-refractivity contribution in [3.8, 4) is 0 Å². The van der Waals surface area contributed by atoms with Crippen LogP contribution < -0.4 is 10.2 Å². The molecule has 0 saturated carbocycles. The molecule has 2 heterocycles. The van der Waals surface area contributed by atoms with Gasteiger partial charge in [0.1, 0.15) is 0 Å². The third-order valence-corrected chi connectivity index (χ3v) is 5.11. The van der Waals surface area contributed by atoms with E-state index >= 15 is 0 Å². The number of hydrogen-bond acceptors (Lipinski definition) is 4. The predicted octanol–water partition coefficient (Wildman–Crippen LogP) is 4.79. The number of rotatable bonds is 4. The summed E-state index contributed by atoms with van der Waals surface area (Å²) in [4.78, 5) is 7.71. The van der Waals surface area contributed by atoms with Gasteiger partial charge in [0, 0.05) is 35.0 Å². The van der Waals surface area contributed by atoms with Crippen LogP contribution in [0.4, 0.5) is 11.4 Å². The highest BCUT2D eigenvalue weighted by molar-refractivity contribution is 7.15. The Balaban J connectivity index is 1.61. The van der Waals surface area contributed by atoms with Crippen LogP contribution in [0.15, 0.2) is 30.5 Å². The Morgan fingerprint density at radius 3 is 2.81 bits per heavy atom. The second kappa shape index (κ2) is 6.67. The first kappa shape index (κ1) is 14.7. The summed E-state index contributed by atoms with van der Waals surface area (Å²) in [5, 5.41) is 3.41. The van der Waals surface area contributed by atoms with Gasteiger partial charge in [-0.15, -0.1) is 11.3 Å². The fourth-order valence-corrected chi connectivity index (χ4v) is 3.72. The Morgan fingerprint density at radius 2 is 2.14 bits per heavy atom. The molecular formula is C16H20ClN3S. The first-order chi connectivity index (χ1) is 10.2. The Labute approximate surface area is 135 Å². The van der Waals surface area contributed by atoms with E-state index in [-0.39, 0.29) is 0 Å². The summed E-state index contributed by atoms with van der Waals surface area (Å²) in [6.07, 6.45) is 5.78. The van der Waals surface area contributed by atoms with Crippen molar-refractivity contribution in [3.63, 3.8) is 0 Å². The number of halogens is 1. The van der Waals surface area contributed by atoms with Gasteiger partial charge >= 0.3 is 0 Å². The number of nitrogens with zero attached hydrogens (tertiary/aromatic N) is 2. The number of piperidine rings is 1. The third kappa shape index (κ3) is 3.69. The summed E-state index contributed by atoms with van der Waals surface area (Å²) in [5.41, 5.74) is 2.46. The zero-order chi connectivity index (χ0) is 14.7. The summed E-state index contributed by atoms with van der Waals surface area (Å²) in [5.74, 6) is 0. The van der Waals surface area contributed by atoms with E-state index in [1.54, 1.807) is 0 Å². The van der Waals surface area contributed by atoms with Crippen LogP contribution in [0.5, 0.6) is 0 Å². The lowest BCUT2D eigenvalue weighted by atomic mass is 10.0.